The van der Waals surface area contributed by atoms with Gasteiger partial charge in [-0.1, -0.05) is 22.7 Å². The second kappa shape index (κ2) is 9.80. The smallest absolute Gasteiger partial charge is 0.383 e. The van der Waals surface area contributed by atoms with E-state index < -0.39 is 15.6 Å². The normalized spacial score (nSPS) is 13.8. The summed E-state index contributed by atoms with van der Waals surface area (Å²) in [6.45, 7) is 3.96. The number of hydrogen-bond donors (Lipinski definition) is 3. The molecule has 0 aliphatic rings. The summed E-state index contributed by atoms with van der Waals surface area (Å²) < 4.78 is 40.2. The Morgan fingerprint density at radius 2 is 2.00 bits per heavy atom. The fraction of sp³-hybridized carbons (Fsp3) is 0.333. The molecule has 3 rings (SSSR count). The van der Waals surface area contributed by atoms with Crippen LogP contribution in [-0.4, -0.2) is 31.3 Å². The Hall–Kier alpha value is -1.76. The fourth-order valence-electron chi connectivity index (χ4n) is 2.46. The van der Waals surface area contributed by atoms with E-state index >= 15 is 0 Å². The highest BCUT2D eigenvalue weighted by atomic mass is 32.1. The van der Waals surface area contributed by atoms with Crippen molar-refractivity contribution in [2.75, 3.05) is 12.3 Å². The first-order valence-electron chi connectivity index (χ1n) is 8.69. The molecular formula is C15H20N5O7P2S2+. The van der Waals surface area contributed by atoms with Crippen LogP contribution < -0.4 is 14.8 Å². The van der Waals surface area contributed by atoms with E-state index in [0.717, 1.165) is 27.5 Å². The number of anilines is 1. The highest BCUT2D eigenvalue weighted by Crippen LogP contribution is 2.60. The zero-order valence-corrected chi connectivity index (χ0v) is 19.9. The van der Waals surface area contributed by atoms with Gasteiger partial charge in [-0.15, -0.1) is 0 Å². The quantitative estimate of drug-likeness (QED) is 0.271. The van der Waals surface area contributed by atoms with Crippen molar-refractivity contribution in [1.82, 2.24) is 15.0 Å². The molecule has 3 aromatic rings. The number of phosphoric acid groups is 2. The summed E-state index contributed by atoms with van der Waals surface area (Å²) in [4.78, 5) is 31.1. The molecule has 0 saturated carbocycles. The van der Waals surface area contributed by atoms with Gasteiger partial charge in [-0.05, 0) is 6.92 Å². The summed E-state index contributed by atoms with van der Waals surface area (Å²) in [5.74, 6) is 0.999. The Balaban J connectivity index is 1.65. The summed E-state index contributed by atoms with van der Waals surface area (Å²) in [5.41, 5.74) is 9.53. The molecular weight excluding hydrogens is 488 g/mol. The zero-order valence-electron chi connectivity index (χ0n) is 16.4. The maximum atomic E-state index is 12.7. The van der Waals surface area contributed by atoms with E-state index in [9.17, 15) is 9.13 Å². The Morgan fingerprint density at radius 1 is 1.23 bits per heavy atom. The van der Waals surface area contributed by atoms with E-state index in [1.165, 1.54) is 22.9 Å². The van der Waals surface area contributed by atoms with Crippen LogP contribution in [0, 0.1) is 13.8 Å². The van der Waals surface area contributed by atoms with E-state index in [0.29, 0.717) is 24.6 Å². The van der Waals surface area contributed by atoms with Crippen molar-refractivity contribution in [2.45, 2.75) is 26.8 Å². The number of thiazole rings is 2. The van der Waals surface area contributed by atoms with E-state index in [2.05, 4.69) is 19.3 Å². The standard InChI is InChI=1S/C15H19N5O7P2S2/c1-10-13(31-9-20(10)8-12-7-18-11(2)19-14(12)16)3-5-25-29(24,27-28(21,22)23)26-15-17-4-6-30-15/h4,6-7,9H,3,5,8H2,1-2H3,(H3-,16,18,19,21,22,23)/p+1. The fourth-order valence-corrected chi connectivity index (χ4v) is 6.22. The molecule has 12 nitrogen and oxygen atoms in total. The minimum atomic E-state index is -5.13. The lowest BCUT2D eigenvalue weighted by Gasteiger charge is -2.16. The topological polar surface area (TPSA) is 171 Å². The van der Waals surface area contributed by atoms with Crippen molar-refractivity contribution in [3.63, 3.8) is 0 Å². The second-order valence-corrected chi connectivity index (χ2v) is 10.9. The van der Waals surface area contributed by atoms with Crippen molar-refractivity contribution in [1.29, 1.82) is 0 Å². The molecule has 0 aromatic carbocycles. The summed E-state index contributed by atoms with van der Waals surface area (Å²) in [7, 11) is -9.72. The van der Waals surface area contributed by atoms with Gasteiger partial charge in [0.05, 0.1) is 17.0 Å². The third-order valence-corrected chi connectivity index (χ3v) is 8.36. The molecule has 0 aliphatic carbocycles. The summed E-state index contributed by atoms with van der Waals surface area (Å²) in [6, 6.07) is 0. The number of aryl methyl sites for hydroxylation is 1. The summed E-state index contributed by atoms with van der Waals surface area (Å²) in [6.07, 6.45) is 3.36. The van der Waals surface area contributed by atoms with Crippen LogP contribution in [-0.2, 0) is 30.9 Å². The zero-order chi connectivity index (χ0) is 22.6. The molecule has 3 heterocycles. The van der Waals surface area contributed by atoms with Crippen molar-refractivity contribution < 1.29 is 36.8 Å². The van der Waals surface area contributed by atoms with Crippen LogP contribution in [0.3, 0.4) is 0 Å². The van der Waals surface area contributed by atoms with E-state index in [4.69, 9.17) is 24.6 Å². The molecule has 168 valence electrons. The third-order valence-electron chi connectivity index (χ3n) is 3.90. The molecule has 4 N–H and O–H groups in total. The first-order chi connectivity index (χ1) is 14.5. The Bertz CT molecular complexity index is 1130. The number of phosphoric ester groups is 1. The van der Waals surface area contributed by atoms with Crippen LogP contribution in [0.5, 0.6) is 5.19 Å². The molecule has 0 fully saturated rings. The molecule has 16 heteroatoms. The lowest BCUT2D eigenvalue weighted by molar-refractivity contribution is -0.689. The number of nitrogen functional groups attached to an aromatic ring is 1. The van der Waals surface area contributed by atoms with Gasteiger partial charge in [0.2, 0.25) is 5.51 Å². The predicted molar refractivity (Wildman–Crippen MR) is 113 cm³/mol. The van der Waals surface area contributed by atoms with E-state index in [1.54, 1.807) is 13.1 Å². The predicted octanol–water partition coefficient (Wildman–Crippen LogP) is 2.38. The minimum absolute atomic E-state index is 0.0974. The number of aromatic nitrogens is 4. The molecule has 1 atom stereocenters. The maximum Gasteiger partial charge on any atom is 0.540 e. The molecule has 0 spiro atoms. The van der Waals surface area contributed by atoms with Gasteiger partial charge < -0.3 is 20.0 Å². The van der Waals surface area contributed by atoms with Gasteiger partial charge in [0.15, 0.2) is 12.2 Å². The van der Waals surface area contributed by atoms with Crippen LogP contribution in [0.15, 0.2) is 23.3 Å². The monoisotopic (exact) mass is 508 g/mol. The molecule has 0 saturated heterocycles. The van der Waals surface area contributed by atoms with Gasteiger partial charge in [-0.25, -0.2) is 24.1 Å². The molecule has 0 aliphatic heterocycles. The highest BCUT2D eigenvalue weighted by molar-refractivity contribution is 7.61. The molecule has 1 unspecified atom stereocenters. The van der Waals surface area contributed by atoms with Crippen LogP contribution in [0.4, 0.5) is 5.82 Å². The largest absolute Gasteiger partial charge is 0.540 e. The number of nitrogens with two attached hydrogens (primary N) is 1. The Labute approximate surface area is 185 Å². The van der Waals surface area contributed by atoms with Crippen LogP contribution in [0.2, 0.25) is 0 Å². The molecule has 3 aromatic heterocycles. The van der Waals surface area contributed by atoms with Crippen molar-refractivity contribution >= 4 is 44.1 Å². The Kier molecular flexibility index (Phi) is 7.55. The second-order valence-electron chi connectivity index (χ2n) is 6.18. The van der Waals surface area contributed by atoms with Crippen LogP contribution >= 0.6 is 38.3 Å². The third kappa shape index (κ3) is 6.86. The summed E-state index contributed by atoms with van der Waals surface area (Å²) in [5, 5.41) is 1.44. The van der Waals surface area contributed by atoms with Crippen LogP contribution in [0.25, 0.3) is 0 Å². The van der Waals surface area contributed by atoms with Gasteiger partial charge in [0.1, 0.15) is 11.6 Å². The van der Waals surface area contributed by atoms with Gasteiger partial charge in [0, 0.05) is 31.1 Å². The van der Waals surface area contributed by atoms with Crippen molar-refractivity contribution in [3.05, 3.63) is 45.2 Å². The van der Waals surface area contributed by atoms with Gasteiger partial charge in [0.25, 0.3) is 5.19 Å². The van der Waals surface area contributed by atoms with Crippen LogP contribution in [0.1, 0.15) is 22.0 Å². The molecule has 0 bridgehead atoms. The lowest BCUT2D eigenvalue weighted by atomic mass is 10.2. The molecule has 0 radical (unpaired) electrons. The SMILES string of the molecule is Cc1ncc(C[n+]2csc(CCOP(=O)(Oc3nccs3)OP(=O)(O)O)c2C)c(N)n1. The highest BCUT2D eigenvalue weighted by Gasteiger charge is 2.38. The van der Waals surface area contributed by atoms with Crippen molar-refractivity contribution in [2.24, 2.45) is 0 Å². The molecule has 31 heavy (non-hydrogen) atoms. The van der Waals surface area contributed by atoms with Crippen molar-refractivity contribution in [3.8, 4) is 5.19 Å². The Morgan fingerprint density at radius 3 is 2.65 bits per heavy atom. The summed E-state index contributed by atoms with van der Waals surface area (Å²) >= 11 is 2.41. The average Bonchev–Trinajstić information content (AvgIpc) is 3.27. The number of hydrogen-bond acceptors (Lipinski definition) is 11. The average molecular weight is 508 g/mol. The number of nitrogens with zero attached hydrogens (tertiary/aromatic N) is 4. The first kappa shape index (κ1) is 23.9. The maximum absolute atomic E-state index is 12.7. The van der Waals surface area contributed by atoms with Gasteiger partial charge in [-0.3, -0.25) is 4.52 Å². The molecule has 0 amide bonds. The van der Waals surface area contributed by atoms with Gasteiger partial charge >= 0.3 is 15.6 Å². The van der Waals surface area contributed by atoms with Gasteiger partial charge in [-0.2, -0.15) is 8.88 Å². The van der Waals surface area contributed by atoms with E-state index in [-0.39, 0.29) is 11.8 Å². The van der Waals surface area contributed by atoms with E-state index in [1.807, 2.05) is 17.0 Å². The first-order valence-corrected chi connectivity index (χ1v) is 13.4. The number of rotatable bonds is 10. The minimum Gasteiger partial charge on any atom is -0.383 e. The lowest BCUT2D eigenvalue weighted by Crippen LogP contribution is -2.35.